The number of hydrogen-bond donors (Lipinski definition) is 0. The minimum Gasteiger partial charge on any atom is -0.475 e. The topological polar surface area (TPSA) is 53.5 Å². The highest BCUT2D eigenvalue weighted by atomic mass is 35.5. The van der Waals surface area contributed by atoms with Crippen LogP contribution in [0, 0.1) is 0 Å². The molecule has 0 aliphatic rings. The maximum atomic E-state index is 6.01. The largest absolute Gasteiger partial charge is 0.475 e. The Morgan fingerprint density at radius 3 is 2.67 bits per heavy atom. The van der Waals surface area contributed by atoms with Crippen molar-refractivity contribution in [3.63, 3.8) is 0 Å². The average Bonchev–Trinajstić information content (AvgIpc) is 2.37. The van der Waals surface area contributed by atoms with Gasteiger partial charge in [-0.25, -0.2) is 9.97 Å². The third-order valence-corrected chi connectivity index (χ3v) is 2.58. The minimum absolute atomic E-state index is 0.438. The van der Waals surface area contributed by atoms with Crippen LogP contribution >= 0.6 is 11.6 Å². The van der Waals surface area contributed by atoms with E-state index in [2.05, 4.69) is 16.9 Å². The van der Waals surface area contributed by atoms with Crippen LogP contribution < -0.4 is 4.74 Å². The fourth-order valence-corrected chi connectivity index (χ4v) is 1.62. The average molecular weight is 275 g/mol. The van der Waals surface area contributed by atoms with Crippen LogP contribution in [0.4, 0.5) is 0 Å². The number of halogens is 1. The molecule has 1 heterocycles. The minimum atomic E-state index is 0.438. The molecule has 0 radical (unpaired) electrons. The maximum Gasteiger partial charge on any atom is 0.221 e. The van der Waals surface area contributed by atoms with E-state index in [-0.39, 0.29) is 0 Å². The van der Waals surface area contributed by atoms with E-state index >= 15 is 0 Å². The molecule has 0 atom stereocenters. The van der Waals surface area contributed by atoms with E-state index in [0.29, 0.717) is 37.5 Å². The molecule has 6 heteroatoms. The Morgan fingerprint density at radius 2 is 1.94 bits per heavy atom. The highest BCUT2D eigenvalue weighted by Gasteiger charge is 2.09. The first-order chi connectivity index (χ1) is 8.79. The van der Waals surface area contributed by atoms with Crippen molar-refractivity contribution in [1.29, 1.82) is 0 Å². The number of nitrogens with zero attached hydrogens (tertiary/aromatic N) is 2. The van der Waals surface area contributed by atoms with Gasteiger partial charge in [-0.05, 0) is 6.42 Å². The summed E-state index contributed by atoms with van der Waals surface area (Å²) in [5.74, 6) is 0.548. The molecule has 18 heavy (non-hydrogen) atoms. The maximum absolute atomic E-state index is 6.01. The summed E-state index contributed by atoms with van der Waals surface area (Å²) in [6.45, 7) is 4.15. The second-order valence-corrected chi connectivity index (χ2v) is 4.01. The summed E-state index contributed by atoms with van der Waals surface area (Å²) in [7, 11) is 1.64. The van der Waals surface area contributed by atoms with Gasteiger partial charge in [0.25, 0.3) is 0 Å². The fourth-order valence-electron chi connectivity index (χ4n) is 1.40. The molecule has 0 spiro atoms. The summed E-state index contributed by atoms with van der Waals surface area (Å²) in [5, 5.41) is 0.460. The molecule has 5 nitrogen and oxygen atoms in total. The highest BCUT2D eigenvalue weighted by molar-refractivity contribution is 6.30. The molecule has 0 unspecified atom stereocenters. The van der Waals surface area contributed by atoms with E-state index in [4.69, 9.17) is 25.8 Å². The monoisotopic (exact) mass is 274 g/mol. The van der Waals surface area contributed by atoms with Gasteiger partial charge in [-0.1, -0.05) is 24.9 Å². The molecule has 0 bridgehead atoms. The van der Waals surface area contributed by atoms with Crippen LogP contribution in [0.1, 0.15) is 18.9 Å². The van der Waals surface area contributed by atoms with E-state index in [1.54, 1.807) is 7.11 Å². The summed E-state index contributed by atoms with van der Waals surface area (Å²) in [4.78, 5) is 8.05. The Labute approximate surface area is 112 Å². The summed E-state index contributed by atoms with van der Waals surface area (Å²) < 4.78 is 15.7. The lowest BCUT2D eigenvalue weighted by Gasteiger charge is -2.10. The normalized spacial score (nSPS) is 10.6. The summed E-state index contributed by atoms with van der Waals surface area (Å²) >= 11 is 6.01. The van der Waals surface area contributed by atoms with Crippen LogP contribution in [0.25, 0.3) is 0 Å². The van der Waals surface area contributed by atoms with Gasteiger partial charge in [0, 0.05) is 7.11 Å². The first kappa shape index (κ1) is 15.1. The highest BCUT2D eigenvalue weighted by Crippen LogP contribution is 2.23. The first-order valence-corrected chi connectivity index (χ1v) is 6.36. The molecule has 0 fully saturated rings. The second kappa shape index (κ2) is 9.08. The lowest BCUT2D eigenvalue weighted by molar-refractivity contribution is 0.0535. The van der Waals surface area contributed by atoms with Crippen molar-refractivity contribution in [2.24, 2.45) is 0 Å². The number of hydrogen-bond acceptors (Lipinski definition) is 5. The van der Waals surface area contributed by atoms with Crippen LogP contribution in [0.5, 0.6) is 5.88 Å². The molecule has 102 valence electrons. The molecule has 0 aromatic carbocycles. The van der Waals surface area contributed by atoms with E-state index in [1.165, 1.54) is 6.33 Å². The number of rotatable bonds is 9. The lowest BCUT2D eigenvalue weighted by Crippen LogP contribution is -2.11. The Morgan fingerprint density at radius 1 is 1.17 bits per heavy atom. The van der Waals surface area contributed by atoms with Gasteiger partial charge < -0.3 is 14.2 Å². The molecule has 0 aliphatic carbocycles. The fraction of sp³-hybridized carbons (Fsp3) is 0.667. The zero-order valence-electron chi connectivity index (χ0n) is 10.8. The summed E-state index contributed by atoms with van der Waals surface area (Å²) in [5.41, 5.74) is 0.860. The standard InChI is InChI=1S/C12H19ClN2O3/c1-3-4-10-11(13)14-9-15-12(10)18-8-7-17-6-5-16-2/h9H,3-8H2,1-2H3. The van der Waals surface area contributed by atoms with Crippen molar-refractivity contribution in [2.45, 2.75) is 19.8 Å². The third kappa shape index (κ3) is 5.16. The number of aromatic nitrogens is 2. The van der Waals surface area contributed by atoms with Gasteiger partial charge >= 0.3 is 0 Å². The second-order valence-electron chi connectivity index (χ2n) is 3.65. The Bertz CT molecular complexity index is 350. The van der Waals surface area contributed by atoms with Crippen molar-refractivity contribution in [1.82, 2.24) is 9.97 Å². The SMILES string of the molecule is CCCc1c(Cl)ncnc1OCCOCCOC. The molecule has 1 aromatic heterocycles. The van der Waals surface area contributed by atoms with E-state index in [9.17, 15) is 0 Å². The van der Waals surface area contributed by atoms with Gasteiger partial charge in [0.05, 0.1) is 25.4 Å². The van der Waals surface area contributed by atoms with Gasteiger partial charge in [0.1, 0.15) is 18.1 Å². The van der Waals surface area contributed by atoms with Crippen LogP contribution in [0.2, 0.25) is 5.15 Å². The van der Waals surface area contributed by atoms with Gasteiger partial charge in [-0.15, -0.1) is 0 Å². The van der Waals surface area contributed by atoms with E-state index < -0.39 is 0 Å². The van der Waals surface area contributed by atoms with Crippen LogP contribution in [-0.2, 0) is 15.9 Å². The van der Waals surface area contributed by atoms with Crippen molar-refractivity contribution in [3.8, 4) is 5.88 Å². The smallest absolute Gasteiger partial charge is 0.221 e. The van der Waals surface area contributed by atoms with Gasteiger partial charge in [-0.3, -0.25) is 0 Å². The van der Waals surface area contributed by atoms with Gasteiger partial charge in [-0.2, -0.15) is 0 Å². The van der Waals surface area contributed by atoms with E-state index in [0.717, 1.165) is 18.4 Å². The van der Waals surface area contributed by atoms with Crippen molar-refractivity contribution in [2.75, 3.05) is 33.5 Å². The van der Waals surface area contributed by atoms with Crippen LogP contribution in [-0.4, -0.2) is 43.5 Å². The summed E-state index contributed by atoms with van der Waals surface area (Å²) in [6, 6.07) is 0. The lowest BCUT2D eigenvalue weighted by atomic mass is 10.2. The number of methoxy groups -OCH3 is 1. The van der Waals surface area contributed by atoms with Crippen LogP contribution in [0.15, 0.2) is 6.33 Å². The molecule has 0 saturated heterocycles. The van der Waals surface area contributed by atoms with Gasteiger partial charge in [0.2, 0.25) is 5.88 Å². The van der Waals surface area contributed by atoms with Crippen molar-refractivity contribution < 1.29 is 14.2 Å². The molecule has 0 aliphatic heterocycles. The molecular formula is C12H19ClN2O3. The molecule has 0 N–H and O–H groups in total. The van der Waals surface area contributed by atoms with Crippen LogP contribution in [0.3, 0.4) is 0 Å². The predicted molar refractivity (Wildman–Crippen MR) is 69.2 cm³/mol. The quantitative estimate of drug-likeness (QED) is 0.510. The van der Waals surface area contributed by atoms with Crippen molar-refractivity contribution >= 4 is 11.6 Å². The molecule has 0 saturated carbocycles. The Kier molecular flexibility index (Phi) is 7.64. The molecule has 1 aromatic rings. The van der Waals surface area contributed by atoms with Gasteiger partial charge in [0.15, 0.2) is 0 Å². The van der Waals surface area contributed by atoms with E-state index in [1.807, 2.05) is 0 Å². The third-order valence-electron chi connectivity index (χ3n) is 2.25. The zero-order chi connectivity index (χ0) is 13.2. The van der Waals surface area contributed by atoms with Crippen molar-refractivity contribution in [3.05, 3.63) is 17.0 Å². The summed E-state index contributed by atoms with van der Waals surface area (Å²) in [6.07, 6.45) is 3.18. The molecule has 1 rings (SSSR count). The zero-order valence-corrected chi connectivity index (χ0v) is 11.6. The first-order valence-electron chi connectivity index (χ1n) is 5.98. The predicted octanol–water partition coefficient (Wildman–Crippen LogP) is 2.12. The molecule has 0 amide bonds. The Balaban J connectivity index is 2.39. The number of ether oxygens (including phenoxy) is 3. The molecular weight excluding hydrogens is 256 g/mol. The Hall–Kier alpha value is -0.910.